The third-order valence-electron chi connectivity index (χ3n) is 2.61. The number of methoxy groups -OCH3 is 1. The number of amides is 1. The van der Waals surface area contributed by atoms with E-state index in [0.717, 1.165) is 4.47 Å². The van der Waals surface area contributed by atoms with Gasteiger partial charge in [0.15, 0.2) is 6.61 Å². The van der Waals surface area contributed by atoms with Gasteiger partial charge in [-0.05, 0) is 26.0 Å². The maximum Gasteiger partial charge on any atom is 0.258 e. The van der Waals surface area contributed by atoms with Gasteiger partial charge in [0.1, 0.15) is 5.75 Å². The Bertz CT molecular complexity index is 451. The fourth-order valence-corrected chi connectivity index (χ4v) is 2.07. The van der Waals surface area contributed by atoms with Crippen LogP contribution in [0.5, 0.6) is 5.75 Å². The largest absolute Gasteiger partial charge is 0.483 e. The first-order chi connectivity index (χ1) is 9.43. The van der Waals surface area contributed by atoms with Crippen molar-refractivity contribution in [2.75, 3.05) is 20.3 Å². The second-order valence-corrected chi connectivity index (χ2v) is 5.49. The van der Waals surface area contributed by atoms with Gasteiger partial charge in [-0.2, -0.15) is 0 Å². The lowest BCUT2D eigenvalue weighted by Crippen LogP contribution is -2.38. The molecule has 5 nitrogen and oxygen atoms in total. The molecule has 1 unspecified atom stereocenters. The van der Waals surface area contributed by atoms with Crippen LogP contribution < -0.4 is 10.1 Å². The van der Waals surface area contributed by atoms with Crippen molar-refractivity contribution in [1.82, 2.24) is 5.32 Å². The van der Waals surface area contributed by atoms with Crippen molar-refractivity contribution in [2.45, 2.75) is 26.0 Å². The highest BCUT2D eigenvalue weighted by atomic mass is 79.9. The maximum absolute atomic E-state index is 11.7. The number of carbonyl (C=O) groups excluding carboxylic acids is 1. The zero-order chi connectivity index (χ0) is 15.1. The second kappa shape index (κ2) is 8.24. The van der Waals surface area contributed by atoms with E-state index in [1.807, 2.05) is 13.0 Å². The summed E-state index contributed by atoms with van der Waals surface area (Å²) in [7, 11) is 1.58. The van der Waals surface area contributed by atoms with E-state index in [1.54, 1.807) is 26.2 Å². The number of carbonyl (C=O) groups is 1. The number of aliphatic hydroxyl groups excluding tert-OH is 1. The molecule has 0 radical (unpaired) electrons. The topological polar surface area (TPSA) is 67.8 Å². The van der Waals surface area contributed by atoms with Crippen LogP contribution in [-0.2, 0) is 9.53 Å². The summed E-state index contributed by atoms with van der Waals surface area (Å²) in [5.74, 6) is 0.259. The van der Waals surface area contributed by atoms with Crippen LogP contribution in [0.4, 0.5) is 0 Å². The van der Waals surface area contributed by atoms with Crippen LogP contribution in [0, 0.1) is 0 Å². The summed E-state index contributed by atoms with van der Waals surface area (Å²) in [6.45, 7) is 3.84. The molecular weight excluding hydrogens is 326 g/mol. The lowest BCUT2D eigenvalue weighted by molar-refractivity contribution is -0.124. The van der Waals surface area contributed by atoms with Crippen LogP contribution in [0.25, 0.3) is 0 Å². The van der Waals surface area contributed by atoms with Gasteiger partial charge in [-0.1, -0.05) is 22.0 Å². The highest BCUT2D eigenvalue weighted by Gasteiger charge is 2.12. The number of hydrogen-bond acceptors (Lipinski definition) is 4. The summed E-state index contributed by atoms with van der Waals surface area (Å²) < 4.78 is 11.2. The maximum atomic E-state index is 11.7. The molecule has 0 bridgehead atoms. The van der Waals surface area contributed by atoms with E-state index in [-0.39, 0.29) is 18.6 Å². The van der Waals surface area contributed by atoms with Gasteiger partial charge in [-0.25, -0.2) is 0 Å². The van der Waals surface area contributed by atoms with Crippen LogP contribution in [0.15, 0.2) is 22.7 Å². The third-order valence-corrected chi connectivity index (χ3v) is 3.10. The van der Waals surface area contributed by atoms with E-state index in [4.69, 9.17) is 9.47 Å². The molecule has 0 aromatic heterocycles. The predicted octanol–water partition coefficient (Wildman–Crippen LogP) is 2.03. The molecule has 0 fully saturated rings. The number of ether oxygens (including phenoxy) is 2. The van der Waals surface area contributed by atoms with E-state index >= 15 is 0 Å². The fourth-order valence-electron chi connectivity index (χ4n) is 1.73. The molecule has 2 N–H and O–H groups in total. The molecule has 0 aliphatic rings. The Labute approximate surface area is 127 Å². The van der Waals surface area contributed by atoms with Crippen molar-refractivity contribution >= 4 is 21.8 Å². The minimum atomic E-state index is -0.659. The molecule has 6 heteroatoms. The summed E-state index contributed by atoms with van der Waals surface area (Å²) >= 11 is 3.33. The molecule has 1 amide bonds. The minimum Gasteiger partial charge on any atom is -0.483 e. The molecule has 112 valence electrons. The fraction of sp³-hybridized carbons (Fsp3) is 0.500. The van der Waals surface area contributed by atoms with Gasteiger partial charge in [-0.3, -0.25) is 4.79 Å². The number of nitrogens with one attached hydrogen (secondary N) is 1. The quantitative estimate of drug-likeness (QED) is 0.793. The first-order valence-corrected chi connectivity index (χ1v) is 7.12. The van der Waals surface area contributed by atoms with Crippen molar-refractivity contribution in [3.8, 4) is 5.75 Å². The molecule has 2 atom stereocenters. The molecular formula is C14H20BrNO4. The van der Waals surface area contributed by atoms with Gasteiger partial charge in [0.25, 0.3) is 5.91 Å². The molecule has 0 heterocycles. The summed E-state index contributed by atoms with van der Waals surface area (Å²) in [6.07, 6.45) is -0.659. The van der Waals surface area contributed by atoms with E-state index in [2.05, 4.69) is 21.2 Å². The van der Waals surface area contributed by atoms with E-state index in [0.29, 0.717) is 17.9 Å². The number of hydrogen-bond donors (Lipinski definition) is 2. The molecule has 1 aromatic carbocycles. The van der Waals surface area contributed by atoms with Crippen molar-refractivity contribution < 1.29 is 19.4 Å². The van der Waals surface area contributed by atoms with Crippen LogP contribution in [0.2, 0.25) is 0 Å². The Balaban J connectivity index is 2.61. The average molecular weight is 346 g/mol. The Morgan fingerprint density at radius 2 is 2.15 bits per heavy atom. The predicted molar refractivity (Wildman–Crippen MR) is 79.8 cm³/mol. The standard InChI is InChI=1S/C14H20BrNO4/c1-9(7-19-3)16-14(18)8-20-13-6-11(15)4-5-12(13)10(2)17/h4-6,9-10,17H,7-8H2,1-3H3,(H,16,18)/t9?,10-/m1/s1. The minimum absolute atomic E-state index is 0.0742. The van der Waals surface area contributed by atoms with Crippen LogP contribution in [0.3, 0.4) is 0 Å². The monoisotopic (exact) mass is 345 g/mol. The highest BCUT2D eigenvalue weighted by molar-refractivity contribution is 9.10. The van der Waals surface area contributed by atoms with Crippen LogP contribution in [0.1, 0.15) is 25.5 Å². The van der Waals surface area contributed by atoms with Gasteiger partial charge >= 0.3 is 0 Å². The van der Waals surface area contributed by atoms with Gasteiger partial charge < -0.3 is 19.9 Å². The molecule has 0 aliphatic carbocycles. The highest BCUT2D eigenvalue weighted by Crippen LogP contribution is 2.28. The second-order valence-electron chi connectivity index (χ2n) is 4.57. The van der Waals surface area contributed by atoms with Crippen molar-refractivity contribution in [1.29, 1.82) is 0 Å². The Morgan fingerprint density at radius 3 is 2.75 bits per heavy atom. The number of rotatable bonds is 7. The molecule has 0 aliphatic heterocycles. The smallest absolute Gasteiger partial charge is 0.258 e. The van der Waals surface area contributed by atoms with Crippen molar-refractivity contribution in [3.63, 3.8) is 0 Å². The summed E-state index contributed by atoms with van der Waals surface area (Å²) in [6, 6.07) is 5.23. The van der Waals surface area contributed by atoms with Gasteiger partial charge in [-0.15, -0.1) is 0 Å². The van der Waals surface area contributed by atoms with Gasteiger partial charge in [0.2, 0.25) is 0 Å². The molecule has 0 spiro atoms. The first-order valence-electron chi connectivity index (χ1n) is 6.32. The molecule has 1 aromatic rings. The number of benzene rings is 1. The normalized spacial score (nSPS) is 13.7. The Morgan fingerprint density at radius 1 is 1.45 bits per heavy atom. The molecule has 0 saturated carbocycles. The average Bonchev–Trinajstić information content (AvgIpc) is 2.36. The van der Waals surface area contributed by atoms with Crippen LogP contribution in [-0.4, -0.2) is 37.4 Å². The SMILES string of the molecule is COCC(C)NC(=O)COc1cc(Br)ccc1[C@@H](C)O. The molecule has 1 rings (SSSR count). The lowest BCUT2D eigenvalue weighted by atomic mass is 10.1. The molecule has 20 heavy (non-hydrogen) atoms. The summed E-state index contributed by atoms with van der Waals surface area (Å²) in [5.41, 5.74) is 0.644. The van der Waals surface area contributed by atoms with E-state index in [1.165, 1.54) is 0 Å². The summed E-state index contributed by atoms with van der Waals surface area (Å²) in [5, 5.41) is 12.4. The summed E-state index contributed by atoms with van der Waals surface area (Å²) in [4.78, 5) is 11.7. The Hall–Kier alpha value is -1.11. The third kappa shape index (κ3) is 5.48. The Kier molecular flexibility index (Phi) is 6.98. The van der Waals surface area contributed by atoms with E-state index in [9.17, 15) is 9.90 Å². The lowest BCUT2D eigenvalue weighted by Gasteiger charge is -2.16. The van der Waals surface area contributed by atoms with Crippen LogP contribution >= 0.6 is 15.9 Å². The number of halogens is 1. The number of aliphatic hydroxyl groups is 1. The van der Waals surface area contributed by atoms with Gasteiger partial charge in [0.05, 0.1) is 12.7 Å². The van der Waals surface area contributed by atoms with Crippen molar-refractivity contribution in [2.24, 2.45) is 0 Å². The van der Waals surface area contributed by atoms with Crippen molar-refractivity contribution in [3.05, 3.63) is 28.2 Å². The molecule has 0 saturated heterocycles. The first kappa shape index (κ1) is 16.9. The van der Waals surface area contributed by atoms with E-state index < -0.39 is 6.10 Å². The zero-order valence-corrected chi connectivity index (χ0v) is 13.4. The van der Waals surface area contributed by atoms with Gasteiger partial charge in [0, 0.05) is 23.2 Å². The zero-order valence-electron chi connectivity index (χ0n) is 11.9.